The van der Waals surface area contributed by atoms with Crippen LogP contribution in [-0.2, 0) is 14.2 Å². The fourth-order valence-electron chi connectivity index (χ4n) is 2.63. The average molecular weight is 443 g/mol. The van der Waals surface area contributed by atoms with E-state index in [4.69, 9.17) is 14.2 Å². The number of hydrogen-bond donors (Lipinski definition) is 1. The van der Waals surface area contributed by atoms with Gasteiger partial charge < -0.3 is 24.4 Å². The Morgan fingerprint density at radius 1 is 1.13 bits per heavy atom. The van der Waals surface area contributed by atoms with E-state index in [1.165, 1.54) is 12.8 Å². The largest absolute Gasteiger partial charge is 0.385 e. The van der Waals surface area contributed by atoms with Crippen molar-refractivity contribution in [2.45, 2.75) is 25.7 Å². The van der Waals surface area contributed by atoms with E-state index in [1.54, 1.807) is 14.2 Å². The summed E-state index contributed by atoms with van der Waals surface area (Å²) in [5.41, 5.74) is 0. The number of halogens is 1. The summed E-state index contributed by atoms with van der Waals surface area (Å²) in [5, 5.41) is 3.46. The van der Waals surface area contributed by atoms with Crippen LogP contribution in [0.2, 0.25) is 0 Å². The highest BCUT2D eigenvalue weighted by atomic mass is 127. The first-order chi connectivity index (χ1) is 10.8. The molecule has 1 saturated heterocycles. The Balaban J connectivity index is 0.00000484. The molecule has 1 fully saturated rings. The Bertz CT molecular complexity index is 306. The molecule has 1 aliphatic heterocycles. The van der Waals surface area contributed by atoms with Gasteiger partial charge in [0.15, 0.2) is 5.96 Å². The van der Waals surface area contributed by atoms with E-state index in [0.29, 0.717) is 19.1 Å². The maximum absolute atomic E-state index is 5.63. The summed E-state index contributed by atoms with van der Waals surface area (Å²) < 4.78 is 15.7. The van der Waals surface area contributed by atoms with Crippen molar-refractivity contribution < 1.29 is 14.2 Å². The molecule has 1 rings (SSSR count). The molecule has 6 nitrogen and oxygen atoms in total. The molecule has 138 valence electrons. The van der Waals surface area contributed by atoms with Gasteiger partial charge in [0.25, 0.3) is 0 Å². The molecule has 1 unspecified atom stereocenters. The number of unbranched alkanes of at least 4 members (excludes halogenated alkanes) is 2. The number of methoxy groups -OCH3 is 2. The Labute approximate surface area is 158 Å². The SMILES string of the molecule is CN=C(NCCCCCOC)N1CCC(COCCOC)C1.I. The van der Waals surface area contributed by atoms with Gasteiger partial charge in [-0.2, -0.15) is 0 Å². The van der Waals surface area contributed by atoms with Crippen molar-refractivity contribution in [1.29, 1.82) is 0 Å². The van der Waals surface area contributed by atoms with Crippen molar-refractivity contribution in [2.24, 2.45) is 10.9 Å². The van der Waals surface area contributed by atoms with Gasteiger partial charge in [0.05, 0.1) is 19.8 Å². The molecule has 0 aliphatic carbocycles. The third-order valence-electron chi connectivity index (χ3n) is 3.89. The molecule has 1 heterocycles. The Morgan fingerprint density at radius 2 is 1.91 bits per heavy atom. The van der Waals surface area contributed by atoms with Crippen LogP contribution in [0.5, 0.6) is 0 Å². The van der Waals surface area contributed by atoms with Crippen LogP contribution < -0.4 is 5.32 Å². The van der Waals surface area contributed by atoms with Crippen LogP contribution in [0.25, 0.3) is 0 Å². The van der Waals surface area contributed by atoms with Crippen LogP contribution in [0.4, 0.5) is 0 Å². The molecule has 0 saturated carbocycles. The Hall–Kier alpha value is -0.120. The molecule has 0 bridgehead atoms. The minimum Gasteiger partial charge on any atom is -0.385 e. The summed E-state index contributed by atoms with van der Waals surface area (Å²) in [6, 6.07) is 0. The highest BCUT2D eigenvalue weighted by molar-refractivity contribution is 14.0. The summed E-state index contributed by atoms with van der Waals surface area (Å²) in [4.78, 5) is 6.73. The van der Waals surface area contributed by atoms with Crippen LogP contribution >= 0.6 is 24.0 Å². The molecule has 7 heteroatoms. The van der Waals surface area contributed by atoms with E-state index in [1.807, 2.05) is 7.05 Å². The van der Waals surface area contributed by atoms with Gasteiger partial charge in [-0.25, -0.2) is 0 Å². The van der Waals surface area contributed by atoms with E-state index >= 15 is 0 Å². The van der Waals surface area contributed by atoms with Crippen molar-refractivity contribution in [3.63, 3.8) is 0 Å². The molecule has 0 radical (unpaired) electrons. The monoisotopic (exact) mass is 443 g/mol. The molecule has 0 aromatic heterocycles. The van der Waals surface area contributed by atoms with Crippen LogP contribution in [0.15, 0.2) is 4.99 Å². The lowest BCUT2D eigenvalue weighted by Gasteiger charge is -2.21. The first-order valence-corrected chi connectivity index (χ1v) is 8.33. The second kappa shape index (κ2) is 15.4. The van der Waals surface area contributed by atoms with E-state index in [-0.39, 0.29) is 24.0 Å². The molecule has 0 aromatic rings. The highest BCUT2D eigenvalue weighted by Crippen LogP contribution is 2.16. The molecule has 0 aromatic carbocycles. The minimum atomic E-state index is 0. The second-order valence-electron chi connectivity index (χ2n) is 5.70. The van der Waals surface area contributed by atoms with Crippen LogP contribution in [0.1, 0.15) is 25.7 Å². The predicted octanol–water partition coefficient (Wildman–Crippen LogP) is 1.98. The normalized spacial score (nSPS) is 18.1. The van der Waals surface area contributed by atoms with E-state index < -0.39 is 0 Å². The molecule has 1 atom stereocenters. The van der Waals surface area contributed by atoms with Gasteiger partial charge in [0.1, 0.15) is 0 Å². The molecule has 23 heavy (non-hydrogen) atoms. The lowest BCUT2D eigenvalue weighted by Crippen LogP contribution is -2.40. The number of nitrogens with zero attached hydrogens (tertiary/aromatic N) is 2. The number of guanidine groups is 1. The van der Waals surface area contributed by atoms with Gasteiger partial charge in [0.2, 0.25) is 0 Å². The topological polar surface area (TPSA) is 55.3 Å². The quantitative estimate of drug-likeness (QED) is 0.229. The van der Waals surface area contributed by atoms with Crippen molar-refractivity contribution in [1.82, 2.24) is 10.2 Å². The predicted molar refractivity (Wildman–Crippen MR) is 105 cm³/mol. The highest BCUT2D eigenvalue weighted by Gasteiger charge is 2.24. The van der Waals surface area contributed by atoms with Gasteiger partial charge in [-0.3, -0.25) is 4.99 Å². The second-order valence-corrected chi connectivity index (χ2v) is 5.70. The van der Waals surface area contributed by atoms with E-state index in [0.717, 1.165) is 51.6 Å². The first kappa shape index (κ1) is 22.9. The maximum atomic E-state index is 5.63. The number of rotatable bonds is 11. The summed E-state index contributed by atoms with van der Waals surface area (Å²) >= 11 is 0. The third-order valence-corrected chi connectivity index (χ3v) is 3.89. The summed E-state index contributed by atoms with van der Waals surface area (Å²) in [5.74, 6) is 1.61. The lowest BCUT2D eigenvalue weighted by atomic mass is 10.1. The first-order valence-electron chi connectivity index (χ1n) is 8.33. The van der Waals surface area contributed by atoms with Crippen LogP contribution in [0.3, 0.4) is 0 Å². The lowest BCUT2D eigenvalue weighted by molar-refractivity contribution is 0.0536. The van der Waals surface area contributed by atoms with E-state index in [9.17, 15) is 0 Å². The number of nitrogens with one attached hydrogen (secondary N) is 1. The fraction of sp³-hybridized carbons (Fsp3) is 0.938. The smallest absolute Gasteiger partial charge is 0.193 e. The Kier molecular flexibility index (Phi) is 15.3. The number of likely N-dealkylation sites (tertiary alicyclic amines) is 1. The van der Waals surface area contributed by atoms with Gasteiger partial charge in [0, 0.05) is 53.4 Å². The van der Waals surface area contributed by atoms with Gasteiger partial charge >= 0.3 is 0 Å². The minimum absolute atomic E-state index is 0. The molecule has 0 amide bonds. The van der Waals surface area contributed by atoms with Crippen LogP contribution in [-0.4, -0.2) is 78.2 Å². The molecule has 1 N–H and O–H groups in total. The third kappa shape index (κ3) is 10.4. The van der Waals surface area contributed by atoms with Crippen molar-refractivity contribution >= 4 is 29.9 Å². The van der Waals surface area contributed by atoms with Crippen molar-refractivity contribution in [3.8, 4) is 0 Å². The van der Waals surface area contributed by atoms with Gasteiger partial charge in [-0.1, -0.05) is 0 Å². The van der Waals surface area contributed by atoms with Crippen molar-refractivity contribution in [2.75, 3.05) is 67.3 Å². The zero-order valence-electron chi connectivity index (χ0n) is 14.9. The molecule has 0 spiro atoms. The average Bonchev–Trinajstić information content (AvgIpc) is 3.00. The summed E-state index contributed by atoms with van der Waals surface area (Å²) in [6.45, 7) is 6.07. The summed E-state index contributed by atoms with van der Waals surface area (Å²) in [7, 11) is 5.31. The van der Waals surface area contributed by atoms with Crippen molar-refractivity contribution in [3.05, 3.63) is 0 Å². The zero-order valence-corrected chi connectivity index (χ0v) is 17.2. The number of ether oxygens (including phenoxy) is 3. The molecule has 1 aliphatic rings. The zero-order chi connectivity index (χ0) is 16.0. The number of aliphatic imine (C=N–C) groups is 1. The van der Waals surface area contributed by atoms with Gasteiger partial charge in [-0.15, -0.1) is 24.0 Å². The molecular weight excluding hydrogens is 409 g/mol. The number of hydrogen-bond acceptors (Lipinski definition) is 4. The van der Waals surface area contributed by atoms with Crippen LogP contribution in [0, 0.1) is 5.92 Å². The summed E-state index contributed by atoms with van der Waals surface area (Å²) in [6.07, 6.45) is 4.64. The fourth-order valence-corrected chi connectivity index (χ4v) is 2.63. The van der Waals surface area contributed by atoms with E-state index in [2.05, 4.69) is 15.2 Å². The van der Waals surface area contributed by atoms with Gasteiger partial charge in [-0.05, 0) is 25.7 Å². The maximum Gasteiger partial charge on any atom is 0.193 e. The standard InChI is InChI=1S/C16H33N3O3.HI/c1-17-16(18-8-5-4-6-10-20-2)19-9-7-15(13-19)14-22-12-11-21-3;/h15H,4-14H2,1-3H3,(H,17,18);1H. The Morgan fingerprint density at radius 3 is 2.61 bits per heavy atom. The molecular formula is C16H34IN3O3.